The fraction of sp³-hybridized carbons (Fsp3) is 0.182. The van der Waals surface area contributed by atoms with Crippen molar-refractivity contribution in [1.29, 1.82) is 0 Å². The highest BCUT2D eigenvalue weighted by Gasteiger charge is 2.24. The van der Waals surface area contributed by atoms with Crippen molar-refractivity contribution in [3.8, 4) is 11.3 Å². The topological polar surface area (TPSA) is 73.0 Å². The van der Waals surface area contributed by atoms with Crippen LogP contribution in [-0.4, -0.2) is 19.7 Å². The first-order chi connectivity index (χ1) is 7.95. The molecular formula is C11H10N2O2S2. The van der Waals surface area contributed by atoms with Gasteiger partial charge in [-0.25, -0.2) is 13.4 Å². The van der Waals surface area contributed by atoms with Gasteiger partial charge in [0, 0.05) is 23.1 Å². The number of anilines is 1. The van der Waals surface area contributed by atoms with E-state index in [1.807, 2.05) is 6.07 Å². The Morgan fingerprint density at radius 1 is 1.41 bits per heavy atom. The third kappa shape index (κ3) is 1.64. The van der Waals surface area contributed by atoms with Gasteiger partial charge in [0.1, 0.15) is 0 Å². The molecule has 0 saturated carbocycles. The number of aromatic nitrogens is 1. The van der Waals surface area contributed by atoms with E-state index >= 15 is 0 Å². The normalized spacial score (nSPS) is 13.5. The van der Waals surface area contributed by atoms with Crippen LogP contribution in [0.15, 0.2) is 23.1 Å². The molecule has 0 unspecified atom stereocenters. The summed E-state index contributed by atoms with van der Waals surface area (Å²) >= 11 is 1.46. The zero-order chi connectivity index (χ0) is 12.2. The maximum absolute atomic E-state index is 11.5. The van der Waals surface area contributed by atoms with Gasteiger partial charge in [-0.3, -0.25) is 0 Å². The summed E-state index contributed by atoms with van der Waals surface area (Å²) in [4.78, 5) is 5.70. The van der Waals surface area contributed by atoms with E-state index < -0.39 is 9.84 Å². The molecule has 0 fully saturated rings. The largest absolute Gasteiger partial charge is 0.375 e. The summed E-state index contributed by atoms with van der Waals surface area (Å²) < 4.78 is 23.0. The summed E-state index contributed by atoms with van der Waals surface area (Å²) in [5.74, 6) is 0. The van der Waals surface area contributed by atoms with Gasteiger partial charge >= 0.3 is 0 Å². The van der Waals surface area contributed by atoms with E-state index in [-0.39, 0.29) is 0 Å². The standard InChI is InChI=1S/C11H10N2O2S2/c1-17(14,15)7-3-2-6-4-9-10(8(6)5-7)13-11(12)16-9/h2-3,5H,4H2,1H3,(H2,12,13). The molecule has 1 aromatic carbocycles. The third-order valence-corrected chi connectivity index (χ3v) is 4.82. The SMILES string of the molecule is CS(=O)(=O)c1ccc2c(c1)-c1nc(N)sc1C2. The Hall–Kier alpha value is -1.40. The number of nitrogens with zero attached hydrogens (tertiary/aromatic N) is 1. The Kier molecular flexibility index (Phi) is 2.08. The van der Waals surface area contributed by atoms with Gasteiger partial charge in [0.25, 0.3) is 0 Å². The maximum atomic E-state index is 11.5. The van der Waals surface area contributed by atoms with E-state index in [4.69, 9.17) is 5.73 Å². The lowest BCUT2D eigenvalue weighted by atomic mass is 10.1. The molecule has 3 rings (SSSR count). The van der Waals surface area contributed by atoms with Crippen molar-refractivity contribution in [3.05, 3.63) is 28.6 Å². The summed E-state index contributed by atoms with van der Waals surface area (Å²) in [6, 6.07) is 5.19. The second-order valence-electron chi connectivity index (χ2n) is 4.09. The third-order valence-electron chi connectivity index (χ3n) is 2.83. The fourth-order valence-electron chi connectivity index (χ4n) is 2.03. The predicted molar refractivity (Wildman–Crippen MR) is 67.9 cm³/mol. The van der Waals surface area contributed by atoms with Gasteiger partial charge in [0.05, 0.1) is 10.6 Å². The molecule has 1 heterocycles. The van der Waals surface area contributed by atoms with Gasteiger partial charge in [0.15, 0.2) is 15.0 Å². The first-order valence-corrected chi connectivity index (χ1v) is 7.74. The summed E-state index contributed by atoms with van der Waals surface area (Å²) in [6.45, 7) is 0. The fourth-order valence-corrected chi connectivity index (χ4v) is 3.55. The lowest BCUT2D eigenvalue weighted by Crippen LogP contribution is -1.97. The molecule has 2 N–H and O–H groups in total. The summed E-state index contributed by atoms with van der Waals surface area (Å²) in [5.41, 5.74) is 8.52. The van der Waals surface area contributed by atoms with Crippen molar-refractivity contribution in [2.24, 2.45) is 0 Å². The Labute approximate surface area is 103 Å². The quantitative estimate of drug-likeness (QED) is 0.727. The maximum Gasteiger partial charge on any atom is 0.180 e. The number of nitrogen functional groups attached to an aromatic ring is 1. The number of benzene rings is 1. The van der Waals surface area contributed by atoms with E-state index in [1.165, 1.54) is 17.6 Å². The molecule has 0 amide bonds. The van der Waals surface area contributed by atoms with Crippen LogP contribution < -0.4 is 5.73 Å². The minimum atomic E-state index is -3.18. The van der Waals surface area contributed by atoms with Gasteiger partial charge in [-0.15, -0.1) is 11.3 Å². The Morgan fingerprint density at radius 3 is 2.88 bits per heavy atom. The predicted octanol–water partition coefficient (Wildman–Crippen LogP) is 1.70. The molecule has 0 spiro atoms. The summed E-state index contributed by atoms with van der Waals surface area (Å²) in [5, 5.41) is 0.533. The number of rotatable bonds is 1. The molecule has 17 heavy (non-hydrogen) atoms. The highest BCUT2D eigenvalue weighted by molar-refractivity contribution is 7.90. The zero-order valence-electron chi connectivity index (χ0n) is 9.10. The van der Waals surface area contributed by atoms with Crippen molar-refractivity contribution in [2.75, 3.05) is 12.0 Å². The molecule has 2 aromatic rings. The van der Waals surface area contributed by atoms with Gasteiger partial charge in [0.2, 0.25) is 0 Å². The minimum absolute atomic E-state index is 0.329. The van der Waals surface area contributed by atoms with Crippen LogP contribution in [-0.2, 0) is 16.3 Å². The van der Waals surface area contributed by atoms with Crippen LogP contribution in [0.2, 0.25) is 0 Å². The summed E-state index contributed by atoms with van der Waals surface area (Å²) in [6.07, 6.45) is 2.00. The molecule has 4 nitrogen and oxygen atoms in total. The molecule has 0 bridgehead atoms. The van der Waals surface area contributed by atoms with E-state index in [2.05, 4.69) is 4.98 Å². The lowest BCUT2D eigenvalue weighted by molar-refractivity contribution is 0.602. The van der Waals surface area contributed by atoms with Crippen molar-refractivity contribution in [1.82, 2.24) is 4.98 Å². The number of thiazole rings is 1. The van der Waals surface area contributed by atoms with E-state index in [1.54, 1.807) is 12.1 Å². The van der Waals surface area contributed by atoms with Crippen LogP contribution in [0.25, 0.3) is 11.3 Å². The Morgan fingerprint density at radius 2 is 2.18 bits per heavy atom. The molecular weight excluding hydrogens is 256 g/mol. The van der Waals surface area contributed by atoms with E-state index in [0.717, 1.165) is 28.1 Å². The van der Waals surface area contributed by atoms with E-state index in [9.17, 15) is 8.42 Å². The number of nitrogens with two attached hydrogens (primary N) is 1. The van der Waals surface area contributed by atoms with Crippen molar-refractivity contribution in [3.63, 3.8) is 0 Å². The Balaban J connectivity index is 2.24. The molecule has 1 aromatic heterocycles. The smallest absolute Gasteiger partial charge is 0.180 e. The molecule has 1 aliphatic rings. The average molecular weight is 266 g/mol. The van der Waals surface area contributed by atoms with Gasteiger partial charge in [-0.1, -0.05) is 6.07 Å². The zero-order valence-corrected chi connectivity index (χ0v) is 10.7. The second kappa shape index (κ2) is 3.30. The Bertz CT molecular complexity index is 717. The van der Waals surface area contributed by atoms with Gasteiger partial charge in [-0.2, -0.15) is 0 Å². The second-order valence-corrected chi connectivity index (χ2v) is 7.22. The number of sulfone groups is 1. The van der Waals surface area contributed by atoms with Crippen LogP contribution in [0.1, 0.15) is 10.4 Å². The first kappa shape index (κ1) is 10.7. The molecule has 0 radical (unpaired) electrons. The molecule has 1 aliphatic carbocycles. The van der Waals surface area contributed by atoms with Crippen LogP contribution >= 0.6 is 11.3 Å². The molecule has 0 saturated heterocycles. The molecule has 0 atom stereocenters. The van der Waals surface area contributed by atoms with Crippen molar-refractivity contribution < 1.29 is 8.42 Å². The van der Waals surface area contributed by atoms with E-state index in [0.29, 0.717) is 10.0 Å². The van der Waals surface area contributed by atoms with Crippen LogP contribution in [0, 0.1) is 0 Å². The molecule has 88 valence electrons. The minimum Gasteiger partial charge on any atom is -0.375 e. The van der Waals surface area contributed by atoms with Crippen LogP contribution in [0.3, 0.4) is 0 Å². The molecule has 6 heteroatoms. The van der Waals surface area contributed by atoms with Crippen molar-refractivity contribution in [2.45, 2.75) is 11.3 Å². The average Bonchev–Trinajstić information content (AvgIpc) is 2.71. The van der Waals surface area contributed by atoms with Gasteiger partial charge < -0.3 is 5.73 Å². The van der Waals surface area contributed by atoms with Crippen molar-refractivity contribution >= 4 is 26.3 Å². The number of fused-ring (bicyclic) bond motifs is 3. The first-order valence-electron chi connectivity index (χ1n) is 5.03. The number of hydrogen-bond donors (Lipinski definition) is 1. The monoisotopic (exact) mass is 266 g/mol. The lowest BCUT2D eigenvalue weighted by Gasteiger charge is -2.02. The van der Waals surface area contributed by atoms with Gasteiger partial charge in [-0.05, 0) is 17.7 Å². The highest BCUT2D eigenvalue weighted by atomic mass is 32.2. The van der Waals surface area contributed by atoms with Crippen LogP contribution in [0.4, 0.5) is 5.13 Å². The highest BCUT2D eigenvalue weighted by Crippen LogP contribution is 2.40. The molecule has 0 aliphatic heterocycles. The summed E-state index contributed by atoms with van der Waals surface area (Å²) in [7, 11) is -3.18. The number of hydrogen-bond acceptors (Lipinski definition) is 5. The van der Waals surface area contributed by atoms with Crippen LogP contribution in [0.5, 0.6) is 0 Å².